The molecule has 0 aliphatic heterocycles. The first kappa shape index (κ1) is 28.6. The Kier molecular flexibility index (Phi) is 8.69. The molecule has 9 nitrogen and oxygen atoms in total. The minimum Gasteiger partial charge on any atom is -0.493 e. The first-order chi connectivity index (χ1) is 19.3. The Hall–Kier alpha value is -4.44. The Morgan fingerprint density at radius 1 is 0.950 bits per heavy atom. The van der Waals surface area contributed by atoms with E-state index < -0.39 is 11.9 Å². The molecule has 0 aliphatic carbocycles. The van der Waals surface area contributed by atoms with Crippen LogP contribution in [-0.4, -0.2) is 62.1 Å². The van der Waals surface area contributed by atoms with Crippen LogP contribution >= 0.6 is 11.3 Å². The van der Waals surface area contributed by atoms with E-state index in [1.54, 1.807) is 44.2 Å². The predicted molar refractivity (Wildman–Crippen MR) is 156 cm³/mol. The molecule has 0 saturated carbocycles. The van der Waals surface area contributed by atoms with Crippen molar-refractivity contribution < 1.29 is 28.6 Å². The van der Waals surface area contributed by atoms with Gasteiger partial charge in [-0.15, -0.1) is 11.3 Å². The van der Waals surface area contributed by atoms with Gasteiger partial charge in [-0.2, -0.15) is 0 Å². The van der Waals surface area contributed by atoms with E-state index in [-0.39, 0.29) is 16.5 Å². The SMILES string of the molecule is CCN(CC)C(=O)c1sc(NC(=O)c2cc(-c3ccc(OC)c(OC)c3)nc3ccccc23)c(C(=O)OC)c1C. The van der Waals surface area contributed by atoms with Crippen LogP contribution in [0, 0.1) is 6.92 Å². The lowest BCUT2D eigenvalue weighted by molar-refractivity contribution is 0.0601. The van der Waals surface area contributed by atoms with Gasteiger partial charge < -0.3 is 24.4 Å². The zero-order valence-corrected chi connectivity index (χ0v) is 24.1. The average molecular weight is 562 g/mol. The van der Waals surface area contributed by atoms with Gasteiger partial charge >= 0.3 is 5.97 Å². The van der Waals surface area contributed by atoms with Crippen molar-refractivity contribution in [3.8, 4) is 22.8 Å². The van der Waals surface area contributed by atoms with Crippen LogP contribution in [0.2, 0.25) is 0 Å². The van der Waals surface area contributed by atoms with Gasteiger partial charge in [-0.1, -0.05) is 18.2 Å². The van der Waals surface area contributed by atoms with Gasteiger partial charge in [0.1, 0.15) is 5.00 Å². The maximum atomic E-state index is 13.8. The van der Waals surface area contributed by atoms with Gasteiger partial charge in [0.15, 0.2) is 11.5 Å². The fraction of sp³-hybridized carbons (Fsp3) is 0.267. The Morgan fingerprint density at radius 2 is 1.65 bits per heavy atom. The number of hydrogen-bond donors (Lipinski definition) is 1. The molecule has 0 atom stereocenters. The minimum absolute atomic E-state index is 0.162. The fourth-order valence-electron chi connectivity index (χ4n) is 4.48. The van der Waals surface area contributed by atoms with Crippen molar-refractivity contribution in [2.45, 2.75) is 20.8 Å². The van der Waals surface area contributed by atoms with Gasteiger partial charge in [0, 0.05) is 24.0 Å². The highest BCUT2D eigenvalue weighted by molar-refractivity contribution is 7.18. The molecular weight excluding hydrogens is 530 g/mol. The molecule has 4 aromatic rings. The van der Waals surface area contributed by atoms with E-state index in [2.05, 4.69) is 5.32 Å². The molecule has 208 valence electrons. The number of nitrogens with zero attached hydrogens (tertiary/aromatic N) is 2. The Morgan fingerprint density at radius 3 is 2.30 bits per heavy atom. The molecule has 40 heavy (non-hydrogen) atoms. The summed E-state index contributed by atoms with van der Waals surface area (Å²) in [6.07, 6.45) is 0. The molecule has 0 fully saturated rings. The number of rotatable bonds is 9. The summed E-state index contributed by atoms with van der Waals surface area (Å²) in [7, 11) is 4.38. The number of carbonyl (C=O) groups is 3. The van der Waals surface area contributed by atoms with Crippen LogP contribution in [0.25, 0.3) is 22.2 Å². The van der Waals surface area contributed by atoms with Crippen LogP contribution in [0.4, 0.5) is 5.00 Å². The van der Waals surface area contributed by atoms with Gasteiger partial charge in [0.05, 0.1) is 48.5 Å². The standard InChI is InChI=1S/C30H31N3O6S/c1-7-33(8-2)29(35)26-17(3)25(30(36)39-6)28(40-26)32-27(34)20-16-22(31-21-12-10-9-11-19(20)21)18-13-14-23(37-4)24(15-18)38-5/h9-16H,7-8H2,1-6H3,(H,32,34). The molecule has 2 heterocycles. The third kappa shape index (κ3) is 5.35. The molecule has 4 rings (SSSR count). The van der Waals surface area contributed by atoms with Crippen LogP contribution < -0.4 is 14.8 Å². The number of fused-ring (bicyclic) bond motifs is 1. The van der Waals surface area contributed by atoms with Crippen molar-refractivity contribution in [3.63, 3.8) is 0 Å². The van der Waals surface area contributed by atoms with Crippen molar-refractivity contribution >= 4 is 45.0 Å². The molecule has 0 bridgehead atoms. The first-order valence-corrected chi connectivity index (χ1v) is 13.5. The highest BCUT2D eigenvalue weighted by Crippen LogP contribution is 2.36. The number of hydrogen-bond acceptors (Lipinski definition) is 8. The number of anilines is 1. The Bertz CT molecular complexity index is 1590. The molecule has 2 amide bonds. The Labute approximate surface area is 236 Å². The molecule has 2 aromatic heterocycles. The fourth-order valence-corrected chi connectivity index (χ4v) is 5.64. The Balaban J connectivity index is 1.81. The van der Waals surface area contributed by atoms with E-state index in [4.69, 9.17) is 19.2 Å². The van der Waals surface area contributed by atoms with E-state index in [9.17, 15) is 14.4 Å². The van der Waals surface area contributed by atoms with Gasteiger partial charge in [-0.05, 0) is 56.7 Å². The second-order valence-corrected chi connectivity index (χ2v) is 9.85. The molecular formula is C30H31N3O6S. The second-order valence-electron chi connectivity index (χ2n) is 8.83. The van der Waals surface area contributed by atoms with Crippen molar-refractivity contribution in [2.24, 2.45) is 0 Å². The maximum Gasteiger partial charge on any atom is 0.341 e. The lowest BCUT2D eigenvalue weighted by atomic mass is 10.0. The molecule has 0 radical (unpaired) electrons. The zero-order valence-electron chi connectivity index (χ0n) is 23.3. The van der Waals surface area contributed by atoms with Crippen LogP contribution in [0.1, 0.15) is 49.8 Å². The van der Waals surface area contributed by atoms with Crippen molar-refractivity contribution in [2.75, 3.05) is 39.7 Å². The number of thiophene rings is 1. The first-order valence-electron chi connectivity index (χ1n) is 12.7. The number of methoxy groups -OCH3 is 3. The van der Waals surface area contributed by atoms with Gasteiger partial charge in [0.2, 0.25) is 0 Å². The summed E-state index contributed by atoms with van der Waals surface area (Å²) >= 11 is 1.06. The monoisotopic (exact) mass is 561 g/mol. The molecule has 2 aromatic carbocycles. The van der Waals surface area contributed by atoms with Crippen molar-refractivity contribution in [3.05, 3.63) is 70.1 Å². The third-order valence-electron chi connectivity index (χ3n) is 6.65. The summed E-state index contributed by atoms with van der Waals surface area (Å²) in [6.45, 7) is 6.50. The summed E-state index contributed by atoms with van der Waals surface area (Å²) in [6, 6.07) is 14.4. The summed E-state index contributed by atoms with van der Waals surface area (Å²) < 4.78 is 15.8. The summed E-state index contributed by atoms with van der Waals surface area (Å²) in [5.74, 6) is -0.184. The summed E-state index contributed by atoms with van der Waals surface area (Å²) in [5.41, 5.74) is 2.88. The molecule has 1 N–H and O–H groups in total. The van der Waals surface area contributed by atoms with Crippen LogP contribution in [0.3, 0.4) is 0 Å². The molecule has 10 heteroatoms. The number of pyridine rings is 1. The highest BCUT2D eigenvalue weighted by atomic mass is 32.1. The molecule has 0 saturated heterocycles. The number of benzene rings is 2. The number of nitrogens with one attached hydrogen (secondary N) is 1. The van der Waals surface area contributed by atoms with Crippen LogP contribution in [0.15, 0.2) is 48.5 Å². The van der Waals surface area contributed by atoms with Crippen molar-refractivity contribution in [1.29, 1.82) is 0 Å². The molecule has 0 unspecified atom stereocenters. The highest BCUT2D eigenvalue weighted by Gasteiger charge is 2.28. The number of para-hydroxylation sites is 1. The second kappa shape index (κ2) is 12.2. The smallest absolute Gasteiger partial charge is 0.341 e. The molecule has 0 spiro atoms. The zero-order chi connectivity index (χ0) is 29.0. The van der Waals surface area contributed by atoms with Gasteiger partial charge in [-0.25, -0.2) is 9.78 Å². The minimum atomic E-state index is -0.631. The maximum absolute atomic E-state index is 13.8. The largest absolute Gasteiger partial charge is 0.493 e. The lowest BCUT2D eigenvalue weighted by Gasteiger charge is -2.17. The van der Waals surface area contributed by atoms with Crippen LogP contribution in [-0.2, 0) is 4.74 Å². The number of carbonyl (C=O) groups excluding carboxylic acids is 3. The predicted octanol–water partition coefficient (Wildman–Crippen LogP) is 5.81. The molecule has 0 aliphatic rings. The van der Waals surface area contributed by atoms with E-state index >= 15 is 0 Å². The summed E-state index contributed by atoms with van der Waals surface area (Å²) in [4.78, 5) is 46.6. The number of amides is 2. The van der Waals surface area contributed by atoms with Crippen LogP contribution in [0.5, 0.6) is 11.5 Å². The van der Waals surface area contributed by atoms with E-state index in [0.29, 0.717) is 57.2 Å². The van der Waals surface area contributed by atoms with E-state index in [1.165, 1.54) is 7.11 Å². The number of esters is 1. The van der Waals surface area contributed by atoms with E-state index in [0.717, 1.165) is 16.9 Å². The van der Waals surface area contributed by atoms with Gasteiger partial charge in [-0.3, -0.25) is 9.59 Å². The van der Waals surface area contributed by atoms with Crippen molar-refractivity contribution in [1.82, 2.24) is 9.88 Å². The quantitative estimate of drug-likeness (QED) is 0.257. The lowest BCUT2D eigenvalue weighted by Crippen LogP contribution is -2.30. The van der Waals surface area contributed by atoms with Gasteiger partial charge in [0.25, 0.3) is 11.8 Å². The third-order valence-corrected chi connectivity index (χ3v) is 7.84. The summed E-state index contributed by atoms with van der Waals surface area (Å²) in [5, 5.41) is 3.76. The normalized spacial score (nSPS) is 10.8. The topological polar surface area (TPSA) is 107 Å². The number of aromatic nitrogens is 1. The number of ether oxygens (including phenoxy) is 3. The van der Waals surface area contributed by atoms with E-state index in [1.807, 2.05) is 44.2 Å². The average Bonchev–Trinajstić information content (AvgIpc) is 3.31.